The van der Waals surface area contributed by atoms with E-state index in [9.17, 15) is 14.4 Å². The molecule has 1 fully saturated rings. The van der Waals surface area contributed by atoms with Gasteiger partial charge in [0, 0.05) is 13.1 Å². The van der Waals surface area contributed by atoms with Crippen molar-refractivity contribution in [2.75, 3.05) is 13.1 Å². The van der Waals surface area contributed by atoms with E-state index in [4.69, 9.17) is 5.11 Å². The van der Waals surface area contributed by atoms with E-state index >= 15 is 0 Å². The van der Waals surface area contributed by atoms with E-state index in [2.05, 4.69) is 5.32 Å². The average Bonchev–Trinajstić information content (AvgIpc) is 2.49. The molecule has 2 amide bonds. The van der Waals surface area contributed by atoms with Crippen LogP contribution in [0.25, 0.3) is 0 Å². The van der Waals surface area contributed by atoms with Crippen LogP contribution in [-0.4, -0.2) is 40.9 Å². The number of rotatable bonds is 7. The van der Waals surface area contributed by atoms with Crippen molar-refractivity contribution < 1.29 is 19.5 Å². The normalized spacial score (nSPS) is 19.5. The number of likely N-dealkylation sites (N-methyl/N-ethyl adjacent to an activating group) is 1. The van der Waals surface area contributed by atoms with Crippen LogP contribution in [0.1, 0.15) is 25.3 Å². The molecule has 0 heterocycles. The lowest BCUT2D eigenvalue weighted by Crippen LogP contribution is -2.47. The number of amides is 2. The van der Waals surface area contributed by atoms with Crippen LogP contribution in [0, 0.1) is 11.8 Å². The Bertz CT molecular complexity index is 573. The largest absolute Gasteiger partial charge is 0.481 e. The first-order valence-corrected chi connectivity index (χ1v) is 7.85. The Morgan fingerprint density at radius 1 is 1.17 bits per heavy atom. The SMILES string of the molecule is CCN(Cc1ccccc1)C(=O)CNC(=O)C1CCC1C(=O)O. The number of hydrogen-bond acceptors (Lipinski definition) is 3. The second-order valence-corrected chi connectivity index (χ2v) is 5.74. The van der Waals surface area contributed by atoms with Crippen LogP contribution >= 0.6 is 0 Å². The van der Waals surface area contributed by atoms with Crippen molar-refractivity contribution in [2.24, 2.45) is 11.8 Å². The van der Waals surface area contributed by atoms with Crippen molar-refractivity contribution in [3.8, 4) is 0 Å². The summed E-state index contributed by atoms with van der Waals surface area (Å²) < 4.78 is 0. The lowest BCUT2D eigenvalue weighted by Gasteiger charge is -2.32. The predicted octanol–water partition coefficient (Wildman–Crippen LogP) is 1.26. The molecule has 124 valence electrons. The second-order valence-electron chi connectivity index (χ2n) is 5.74. The first kappa shape index (κ1) is 17.0. The highest BCUT2D eigenvalue weighted by Crippen LogP contribution is 2.34. The van der Waals surface area contributed by atoms with Gasteiger partial charge in [0.1, 0.15) is 0 Å². The summed E-state index contributed by atoms with van der Waals surface area (Å²) in [7, 11) is 0. The summed E-state index contributed by atoms with van der Waals surface area (Å²) >= 11 is 0. The maximum absolute atomic E-state index is 12.2. The Morgan fingerprint density at radius 2 is 1.83 bits per heavy atom. The fourth-order valence-corrected chi connectivity index (χ4v) is 2.70. The summed E-state index contributed by atoms with van der Waals surface area (Å²) in [6.07, 6.45) is 1.09. The molecular formula is C17H22N2O4. The second kappa shape index (κ2) is 7.76. The number of hydrogen-bond donors (Lipinski definition) is 2. The Hall–Kier alpha value is -2.37. The summed E-state index contributed by atoms with van der Waals surface area (Å²) in [5.74, 6) is -2.58. The van der Waals surface area contributed by atoms with Gasteiger partial charge in [0.25, 0.3) is 0 Å². The Balaban J connectivity index is 1.83. The maximum atomic E-state index is 12.2. The van der Waals surface area contributed by atoms with E-state index < -0.39 is 17.8 Å². The van der Waals surface area contributed by atoms with Crippen LogP contribution < -0.4 is 5.32 Å². The summed E-state index contributed by atoms with van der Waals surface area (Å²) in [5.41, 5.74) is 1.03. The van der Waals surface area contributed by atoms with E-state index in [-0.39, 0.29) is 18.4 Å². The van der Waals surface area contributed by atoms with Crippen molar-refractivity contribution in [1.82, 2.24) is 10.2 Å². The van der Waals surface area contributed by atoms with Gasteiger partial charge >= 0.3 is 5.97 Å². The van der Waals surface area contributed by atoms with Gasteiger partial charge in [-0.05, 0) is 25.3 Å². The Morgan fingerprint density at radius 3 is 2.35 bits per heavy atom. The van der Waals surface area contributed by atoms with Gasteiger partial charge in [-0.1, -0.05) is 30.3 Å². The molecular weight excluding hydrogens is 296 g/mol. The zero-order valence-corrected chi connectivity index (χ0v) is 13.2. The minimum atomic E-state index is -0.943. The monoisotopic (exact) mass is 318 g/mol. The topological polar surface area (TPSA) is 86.7 Å². The van der Waals surface area contributed by atoms with Crippen LogP contribution in [0.5, 0.6) is 0 Å². The van der Waals surface area contributed by atoms with E-state index in [1.54, 1.807) is 4.90 Å². The van der Waals surface area contributed by atoms with Gasteiger partial charge < -0.3 is 15.3 Å². The molecule has 23 heavy (non-hydrogen) atoms. The van der Waals surface area contributed by atoms with Gasteiger partial charge in [0.2, 0.25) is 11.8 Å². The van der Waals surface area contributed by atoms with Crippen molar-refractivity contribution in [3.63, 3.8) is 0 Å². The molecule has 1 aromatic rings. The van der Waals surface area contributed by atoms with Crippen molar-refractivity contribution >= 4 is 17.8 Å². The van der Waals surface area contributed by atoms with Crippen LogP contribution in [0.4, 0.5) is 0 Å². The number of nitrogens with one attached hydrogen (secondary N) is 1. The van der Waals surface area contributed by atoms with Crippen molar-refractivity contribution in [3.05, 3.63) is 35.9 Å². The fourth-order valence-electron chi connectivity index (χ4n) is 2.70. The number of carbonyl (C=O) groups excluding carboxylic acids is 2. The highest BCUT2D eigenvalue weighted by atomic mass is 16.4. The first-order chi connectivity index (χ1) is 11.0. The average molecular weight is 318 g/mol. The quantitative estimate of drug-likeness (QED) is 0.792. The van der Waals surface area contributed by atoms with E-state index in [1.807, 2.05) is 37.3 Å². The smallest absolute Gasteiger partial charge is 0.307 e. The lowest BCUT2D eigenvalue weighted by atomic mass is 9.73. The van der Waals surface area contributed by atoms with Crippen molar-refractivity contribution in [2.45, 2.75) is 26.3 Å². The number of aliphatic carboxylic acids is 1. The minimum absolute atomic E-state index is 0.0949. The van der Waals surface area contributed by atoms with E-state index in [0.29, 0.717) is 25.9 Å². The van der Waals surface area contributed by atoms with Gasteiger partial charge in [-0.2, -0.15) is 0 Å². The number of carboxylic acid groups (broad SMARTS) is 1. The molecule has 0 bridgehead atoms. The molecule has 6 nitrogen and oxygen atoms in total. The first-order valence-electron chi connectivity index (χ1n) is 7.85. The summed E-state index contributed by atoms with van der Waals surface area (Å²) in [4.78, 5) is 36.8. The molecule has 1 saturated carbocycles. The molecule has 1 aliphatic rings. The molecule has 2 rings (SSSR count). The molecule has 1 aromatic carbocycles. The molecule has 0 saturated heterocycles. The van der Waals surface area contributed by atoms with Gasteiger partial charge in [-0.15, -0.1) is 0 Å². The highest BCUT2D eigenvalue weighted by Gasteiger charge is 2.41. The Labute approximate surface area is 135 Å². The van der Waals surface area contributed by atoms with Gasteiger partial charge in [-0.25, -0.2) is 0 Å². The van der Waals surface area contributed by atoms with Gasteiger partial charge in [0.05, 0.1) is 18.4 Å². The number of carboxylic acids is 1. The maximum Gasteiger partial charge on any atom is 0.307 e. The molecule has 0 aliphatic heterocycles. The summed E-state index contributed by atoms with van der Waals surface area (Å²) in [6.45, 7) is 2.83. The lowest BCUT2D eigenvalue weighted by molar-refractivity contribution is -0.152. The number of carbonyl (C=O) groups is 3. The zero-order chi connectivity index (χ0) is 16.8. The summed E-state index contributed by atoms with van der Waals surface area (Å²) in [5, 5.41) is 11.5. The van der Waals surface area contributed by atoms with Gasteiger partial charge in [0.15, 0.2) is 0 Å². The molecule has 0 spiro atoms. The van der Waals surface area contributed by atoms with E-state index in [0.717, 1.165) is 5.56 Å². The third-order valence-corrected chi connectivity index (χ3v) is 4.29. The van der Waals surface area contributed by atoms with Crippen LogP contribution in [-0.2, 0) is 20.9 Å². The number of nitrogens with zero attached hydrogens (tertiary/aromatic N) is 1. The van der Waals surface area contributed by atoms with Crippen LogP contribution in [0.2, 0.25) is 0 Å². The van der Waals surface area contributed by atoms with Crippen LogP contribution in [0.15, 0.2) is 30.3 Å². The molecule has 6 heteroatoms. The standard InChI is InChI=1S/C17H22N2O4/c1-2-19(11-12-6-4-3-5-7-12)15(20)10-18-16(21)13-8-9-14(13)17(22)23/h3-7,13-14H,2,8-11H2,1H3,(H,18,21)(H,22,23). The predicted molar refractivity (Wildman–Crippen MR) is 84.4 cm³/mol. The molecule has 1 aliphatic carbocycles. The minimum Gasteiger partial charge on any atom is -0.481 e. The third-order valence-electron chi connectivity index (χ3n) is 4.29. The summed E-state index contributed by atoms with van der Waals surface area (Å²) in [6, 6.07) is 9.64. The van der Waals surface area contributed by atoms with Gasteiger partial charge in [-0.3, -0.25) is 14.4 Å². The van der Waals surface area contributed by atoms with E-state index in [1.165, 1.54) is 0 Å². The fraction of sp³-hybridized carbons (Fsp3) is 0.471. The highest BCUT2D eigenvalue weighted by molar-refractivity contribution is 5.89. The van der Waals surface area contributed by atoms with Crippen molar-refractivity contribution in [1.29, 1.82) is 0 Å². The molecule has 2 unspecified atom stereocenters. The third kappa shape index (κ3) is 4.31. The molecule has 0 radical (unpaired) electrons. The molecule has 2 atom stereocenters. The Kier molecular flexibility index (Phi) is 5.73. The van der Waals surface area contributed by atoms with Crippen LogP contribution in [0.3, 0.4) is 0 Å². The molecule has 2 N–H and O–H groups in total. The molecule has 0 aromatic heterocycles. The number of benzene rings is 1. The zero-order valence-electron chi connectivity index (χ0n) is 13.2.